The minimum atomic E-state index is -0.533. The number of carbonyl (C=O) groups is 2. The molecular weight excluding hydrogens is 422 g/mol. The third-order valence-corrected chi connectivity index (χ3v) is 4.82. The Hall–Kier alpha value is -3.97. The van der Waals surface area contributed by atoms with Gasteiger partial charge >= 0.3 is 0 Å². The number of ether oxygens (including phenoxy) is 1. The normalized spacial score (nSPS) is 10.6. The van der Waals surface area contributed by atoms with Crippen molar-refractivity contribution in [2.45, 2.75) is 5.92 Å². The predicted octanol–water partition coefficient (Wildman–Crippen LogP) is 3.56. The lowest BCUT2D eigenvalue weighted by Crippen LogP contribution is -2.49. The molecule has 0 saturated carbocycles. The molecule has 0 saturated heterocycles. The van der Waals surface area contributed by atoms with Gasteiger partial charge in [-0.1, -0.05) is 78.9 Å². The van der Waals surface area contributed by atoms with Crippen molar-refractivity contribution >= 4 is 35.2 Å². The molecule has 0 radical (unpaired) electrons. The van der Waals surface area contributed by atoms with Crippen molar-refractivity contribution < 1.29 is 14.3 Å². The van der Waals surface area contributed by atoms with Crippen LogP contribution in [0.1, 0.15) is 22.6 Å². The van der Waals surface area contributed by atoms with Crippen molar-refractivity contribution in [3.63, 3.8) is 0 Å². The van der Waals surface area contributed by atoms with E-state index < -0.39 is 11.8 Å². The third kappa shape index (κ3) is 6.26. The van der Waals surface area contributed by atoms with Crippen LogP contribution >= 0.6 is 12.2 Å². The van der Waals surface area contributed by atoms with Crippen LogP contribution in [0.2, 0.25) is 0 Å². The fourth-order valence-electron chi connectivity index (χ4n) is 3.13. The van der Waals surface area contributed by atoms with Crippen molar-refractivity contribution in [1.29, 1.82) is 0 Å². The van der Waals surface area contributed by atoms with Crippen LogP contribution in [0, 0.1) is 0 Å². The summed E-state index contributed by atoms with van der Waals surface area (Å²) in [7, 11) is 1.56. The quantitative estimate of drug-likeness (QED) is 0.307. The monoisotopic (exact) mass is 445 g/mol. The van der Waals surface area contributed by atoms with Gasteiger partial charge in [-0.25, -0.2) is 0 Å². The molecule has 2 amide bonds. The number of para-hydroxylation sites is 1. The number of methoxy groups -OCH3 is 1. The van der Waals surface area contributed by atoms with Gasteiger partial charge in [-0.05, 0) is 35.5 Å². The van der Waals surface area contributed by atoms with Gasteiger partial charge in [0.2, 0.25) is 11.8 Å². The van der Waals surface area contributed by atoms with Crippen LogP contribution < -0.4 is 20.9 Å². The standard InChI is InChI=1S/C25H23N3O3S/c1-31-21-15-9-8-10-18(21)16-17-22(29)26-25(32)28-27-24(30)23(19-11-4-2-5-12-19)20-13-6-3-7-14-20/h2-17,23H,1H3,(H,27,30)(H2,26,28,29,32). The summed E-state index contributed by atoms with van der Waals surface area (Å²) in [4.78, 5) is 25.1. The van der Waals surface area contributed by atoms with E-state index >= 15 is 0 Å². The van der Waals surface area contributed by atoms with E-state index in [1.807, 2.05) is 78.9 Å². The molecule has 0 atom stereocenters. The molecule has 32 heavy (non-hydrogen) atoms. The van der Waals surface area contributed by atoms with E-state index in [-0.39, 0.29) is 11.0 Å². The van der Waals surface area contributed by atoms with E-state index in [4.69, 9.17) is 17.0 Å². The summed E-state index contributed by atoms with van der Waals surface area (Å²) >= 11 is 5.13. The highest BCUT2D eigenvalue weighted by Gasteiger charge is 2.22. The van der Waals surface area contributed by atoms with E-state index in [2.05, 4.69) is 16.2 Å². The molecule has 0 aliphatic carbocycles. The lowest BCUT2D eigenvalue weighted by Gasteiger charge is -2.18. The maximum Gasteiger partial charge on any atom is 0.250 e. The first kappa shape index (κ1) is 22.7. The van der Waals surface area contributed by atoms with Crippen LogP contribution in [-0.4, -0.2) is 24.0 Å². The first-order valence-electron chi connectivity index (χ1n) is 9.90. The topological polar surface area (TPSA) is 79.5 Å². The molecule has 7 heteroatoms. The van der Waals surface area contributed by atoms with Crippen LogP contribution in [0.3, 0.4) is 0 Å². The minimum Gasteiger partial charge on any atom is -0.496 e. The third-order valence-electron chi connectivity index (χ3n) is 4.62. The number of carbonyl (C=O) groups excluding carboxylic acids is 2. The highest BCUT2D eigenvalue weighted by atomic mass is 32.1. The fourth-order valence-corrected chi connectivity index (χ4v) is 3.28. The van der Waals surface area contributed by atoms with Gasteiger partial charge in [-0.2, -0.15) is 0 Å². The molecule has 3 aromatic carbocycles. The molecule has 3 N–H and O–H groups in total. The van der Waals surface area contributed by atoms with Gasteiger partial charge in [0.15, 0.2) is 5.11 Å². The molecule has 0 aromatic heterocycles. The van der Waals surface area contributed by atoms with Gasteiger partial charge < -0.3 is 4.74 Å². The lowest BCUT2D eigenvalue weighted by molar-refractivity contribution is -0.122. The van der Waals surface area contributed by atoms with Gasteiger partial charge in [0.1, 0.15) is 5.75 Å². The number of benzene rings is 3. The average Bonchev–Trinajstić information content (AvgIpc) is 2.83. The molecular formula is C25H23N3O3S. The number of hydrogen-bond donors (Lipinski definition) is 3. The second kappa shape index (κ2) is 11.4. The summed E-state index contributed by atoms with van der Waals surface area (Å²) in [6.45, 7) is 0. The van der Waals surface area contributed by atoms with E-state index in [0.717, 1.165) is 16.7 Å². The predicted molar refractivity (Wildman–Crippen MR) is 129 cm³/mol. The highest BCUT2D eigenvalue weighted by molar-refractivity contribution is 7.80. The molecule has 0 spiro atoms. The minimum absolute atomic E-state index is 0.0205. The Bertz CT molecular complexity index is 1060. The van der Waals surface area contributed by atoms with Crippen molar-refractivity contribution in [3.05, 3.63) is 108 Å². The summed E-state index contributed by atoms with van der Waals surface area (Å²) in [5.41, 5.74) is 7.62. The molecule has 0 heterocycles. The van der Waals surface area contributed by atoms with E-state index in [1.165, 1.54) is 6.08 Å². The number of hydrogen-bond acceptors (Lipinski definition) is 4. The van der Waals surface area contributed by atoms with Gasteiger partial charge in [0, 0.05) is 11.6 Å². The number of hydrazine groups is 1. The number of rotatable bonds is 6. The van der Waals surface area contributed by atoms with Crippen LogP contribution in [0.15, 0.2) is 91.0 Å². The van der Waals surface area contributed by atoms with Gasteiger partial charge in [0.05, 0.1) is 13.0 Å². The summed E-state index contributed by atoms with van der Waals surface area (Å²) in [5, 5.41) is 2.48. The Morgan fingerprint density at radius 2 is 1.41 bits per heavy atom. The first-order chi connectivity index (χ1) is 15.6. The first-order valence-corrected chi connectivity index (χ1v) is 10.3. The summed E-state index contributed by atoms with van der Waals surface area (Å²) in [5.74, 6) is -0.625. The Morgan fingerprint density at radius 1 is 0.844 bits per heavy atom. The molecule has 0 unspecified atom stereocenters. The highest BCUT2D eigenvalue weighted by Crippen LogP contribution is 2.24. The zero-order chi connectivity index (χ0) is 22.8. The summed E-state index contributed by atoms with van der Waals surface area (Å²) < 4.78 is 5.25. The summed E-state index contributed by atoms with van der Waals surface area (Å²) in [6.07, 6.45) is 2.96. The zero-order valence-electron chi connectivity index (χ0n) is 17.4. The van der Waals surface area contributed by atoms with Crippen molar-refractivity contribution in [2.24, 2.45) is 0 Å². The molecule has 3 aromatic rings. The molecule has 0 aliphatic rings. The molecule has 6 nitrogen and oxygen atoms in total. The van der Waals surface area contributed by atoms with Crippen LogP contribution in [-0.2, 0) is 9.59 Å². The number of thiocarbonyl (C=S) groups is 1. The Kier molecular flexibility index (Phi) is 8.11. The molecule has 0 aliphatic heterocycles. The Labute approximate surface area is 192 Å². The number of nitrogens with one attached hydrogen (secondary N) is 3. The van der Waals surface area contributed by atoms with Crippen molar-refractivity contribution in [2.75, 3.05) is 7.11 Å². The van der Waals surface area contributed by atoms with Gasteiger partial charge in [0.25, 0.3) is 0 Å². The van der Waals surface area contributed by atoms with E-state index in [1.54, 1.807) is 19.3 Å². The maximum atomic E-state index is 12.9. The number of amides is 2. The van der Waals surface area contributed by atoms with Gasteiger partial charge in [-0.3, -0.25) is 25.8 Å². The van der Waals surface area contributed by atoms with Crippen molar-refractivity contribution in [1.82, 2.24) is 16.2 Å². The van der Waals surface area contributed by atoms with Crippen LogP contribution in [0.4, 0.5) is 0 Å². The van der Waals surface area contributed by atoms with E-state index in [9.17, 15) is 9.59 Å². The Morgan fingerprint density at radius 3 is 2.00 bits per heavy atom. The maximum absolute atomic E-state index is 12.9. The van der Waals surface area contributed by atoms with Gasteiger partial charge in [-0.15, -0.1) is 0 Å². The Balaban J connectivity index is 1.60. The molecule has 0 fully saturated rings. The van der Waals surface area contributed by atoms with Crippen LogP contribution in [0.25, 0.3) is 6.08 Å². The molecule has 3 rings (SSSR count). The SMILES string of the molecule is COc1ccccc1C=CC(=O)NC(=S)NNC(=O)C(c1ccccc1)c1ccccc1. The van der Waals surface area contributed by atoms with Crippen LogP contribution in [0.5, 0.6) is 5.75 Å². The van der Waals surface area contributed by atoms with Crippen molar-refractivity contribution in [3.8, 4) is 5.75 Å². The lowest BCUT2D eigenvalue weighted by atomic mass is 9.91. The molecule has 162 valence electrons. The second-order valence-corrected chi connectivity index (χ2v) is 7.17. The zero-order valence-corrected chi connectivity index (χ0v) is 18.3. The van der Waals surface area contributed by atoms with E-state index in [0.29, 0.717) is 5.75 Å². The summed E-state index contributed by atoms with van der Waals surface area (Å²) in [6, 6.07) is 26.2. The smallest absolute Gasteiger partial charge is 0.250 e. The fraction of sp³-hybridized carbons (Fsp3) is 0.0800. The molecule has 0 bridgehead atoms. The average molecular weight is 446 g/mol. The largest absolute Gasteiger partial charge is 0.496 e. The second-order valence-electron chi connectivity index (χ2n) is 6.76.